The average molecular weight is 284 g/mol. The van der Waals surface area contributed by atoms with Gasteiger partial charge in [-0.25, -0.2) is 11.0 Å². The Balaban J connectivity index is 1.86. The first-order valence-electron chi connectivity index (χ1n) is 6.96. The number of aryl methyl sites for hydroxylation is 2. The van der Waals surface area contributed by atoms with Gasteiger partial charge in [-0.2, -0.15) is 5.11 Å². The van der Waals surface area contributed by atoms with Gasteiger partial charge in [0.1, 0.15) is 0 Å². The Morgan fingerprint density at radius 3 is 2.43 bits per heavy atom. The molecule has 2 aromatic heterocycles. The van der Waals surface area contributed by atoms with Gasteiger partial charge in [-0.1, -0.05) is 17.4 Å². The lowest BCUT2D eigenvalue weighted by molar-refractivity contribution is 0.580. The molecular formula is C15H20N6. The van der Waals surface area contributed by atoms with E-state index in [1.54, 1.807) is 7.05 Å². The van der Waals surface area contributed by atoms with Crippen LogP contribution in [0.15, 0.2) is 47.0 Å². The van der Waals surface area contributed by atoms with Crippen molar-refractivity contribution >= 4 is 0 Å². The summed E-state index contributed by atoms with van der Waals surface area (Å²) >= 11 is 0. The van der Waals surface area contributed by atoms with Crippen LogP contribution >= 0.6 is 0 Å². The van der Waals surface area contributed by atoms with Gasteiger partial charge in [0.05, 0.1) is 17.9 Å². The zero-order valence-electron chi connectivity index (χ0n) is 12.4. The molecule has 0 aliphatic rings. The SMILES string of the molecule is CNNN=NCCCc1ccc(-c2ccc(C)cn2)nc1. The molecule has 0 spiro atoms. The number of rotatable bonds is 7. The maximum absolute atomic E-state index is 4.47. The summed E-state index contributed by atoms with van der Waals surface area (Å²) < 4.78 is 0. The van der Waals surface area contributed by atoms with Crippen molar-refractivity contribution in [2.45, 2.75) is 19.8 Å². The zero-order chi connectivity index (χ0) is 14.9. The molecule has 0 unspecified atom stereocenters. The Labute approximate surface area is 124 Å². The van der Waals surface area contributed by atoms with E-state index >= 15 is 0 Å². The molecule has 110 valence electrons. The van der Waals surface area contributed by atoms with Crippen LogP contribution < -0.4 is 11.0 Å². The van der Waals surface area contributed by atoms with Gasteiger partial charge in [-0.05, 0) is 43.0 Å². The van der Waals surface area contributed by atoms with Gasteiger partial charge in [-0.3, -0.25) is 9.97 Å². The molecule has 0 amide bonds. The predicted octanol–water partition coefficient (Wildman–Crippen LogP) is 2.48. The molecule has 6 heteroatoms. The van der Waals surface area contributed by atoms with Crippen molar-refractivity contribution < 1.29 is 0 Å². The molecular weight excluding hydrogens is 264 g/mol. The topological polar surface area (TPSA) is 74.6 Å². The molecule has 0 radical (unpaired) electrons. The lowest BCUT2D eigenvalue weighted by atomic mass is 10.1. The standard InChI is InChI=1S/C15H20N6/c1-12-5-7-14(17-10-12)15-8-6-13(11-18-15)4-3-9-19-21-20-16-2/h5-8,10-11H,3-4,9H2,1-2H3,(H,16,21)(H,19,20). The fraction of sp³-hybridized carbons (Fsp3) is 0.333. The fourth-order valence-corrected chi connectivity index (χ4v) is 1.83. The summed E-state index contributed by atoms with van der Waals surface area (Å²) in [7, 11) is 1.75. The Morgan fingerprint density at radius 1 is 1.05 bits per heavy atom. The molecule has 2 N–H and O–H groups in total. The molecule has 0 atom stereocenters. The highest BCUT2D eigenvalue weighted by molar-refractivity contribution is 5.53. The number of aromatic nitrogens is 2. The number of pyridine rings is 2. The lowest BCUT2D eigenvalue weighted by Crippen LogP contribution is -2.20. The van der Waals surface area contributed by atoms with Crippen LogP contribution in [0.5, 0.6) is 0 Å². The van der Waals surface area contributed by atoms with Gasteiger partial charge in [-0.15, -0.1) is 0 Å². The molecule has 2 aromatic rings. The number of hydrogen-bond acceptors (Lipinski definition) is 5. The molecule has 2 heterocycles. The quantitative estimate of drug-likeness (QED) is 0.465. The van der Waals surface area contributed by atoms with Crippen molar-refractivity contribution in [1.29, 1.82) is 0 Å². The van der Waals surface area contributed by atoms with Gasteiger partial charge in [0.2, 0.25) is 0 Å². The molecule has 21 heavy (non-hydrogen) atoms. The Kier molecular flexibility index (Phi) is 5.78. The second-order valence-electron chi connectivity index (χ2n) is 4.70. The molecule has 0 saturated carbocycles. The first kappa shape index (κ1) is 15.1. The molecule has 0 aliphatic heterocycles. The molecule has 0 bridgehead atoms. The maximum atomic E-state index is 4.47. The second kappa shape index (κ2) is 8.06. The first-order chi connectivity index (χ1) is 10.3. The van der Waals surface area contributed by atoms with Gasteiger partial charge in [0.15, 0.2) is 0 Å². The van der Waals surface area contributed by atoms with E-state index in [4.69, 9.17) is 0 Å². The van der Waals surface area contributed by atoms with E-state index in [-0.39, 0.29) is 0 Å². The summed E-state index contributed by atoms with van der Waals surface area (Å²) in [6.07, 6.45) is 5.64. The summed E-state index contributed by atoms with van der Waals surface area (Å²) in [5.74, 6) is 0. The normalized spacial score (nSPS) is 11.0. The molecule has 6 nitrogen and oxygen atoms in total. The number of nitrogens with one attached hydrogen (secondary N) is 2. The van der Waals surface area contributed by atoms with E-state index < -0.39 is 0 Å². The zero-order valence-corrected chi connectivity index (χ0v) is 12.4. The Morgan fingerprint density at radius 2 is 1.81 bits per heavy atom. The minimum absolute atomic E-state index is 0.690. The lowest BCUT2D eigenvalue weighted by Gasteiger charge is -2.03. The smallest absolute Gasteiger partial charge is 0.0886 e. The van der Waals surface area contributed by atoms with Crippen LogP contribution in [-0.4, -0.2) is 23.6 Å². The monoisotopic (exact) mass is 284 g/mol. The highest BCUT2D eigenvalue weighted by Crippen LogP contribution is 2.15. The van der Waals surface area contributed by atoms with Crippen LogP contribution in [0, 0.1) is 6.92 Å². The largest absolute Gasteiger partial charge is 0.254 e. The summed E-state index contributed by atoms with van der Waals surface area (Å²) in [4.78, 5) is 8.85. The highest BCUT2D eigenvalue weighted by Gasteiger charge is 2.01. The molecule has 2 rings (SSSR count). The van der Waals surface area contributed by atoms with E-state index in [1.807, 2.05) is 37.5 Å². The maximum Gasteiger partial charge on any atom is 0.0886 e. The van der Waals surface area contributed by atoms with E-state index in [2.05, 4.69) is 37.3 Å². The Bertz CT molecular complexity index is 562. The number of nitrogens with zero attached hydrogens (tertiary/aromatic N) is 4. The van der Waals surface area contributed by atoms with Crippen LogP contribution in [0.2, 0.25) is 0 Å². The minimum atomic E-state index is 0.690. The predicted molar refractivity (Wildman–Crippen MR) is 82.4 cm³/mol. The third kappa shape index (κ3) is 4.92. The van der Waals surface area contributed by atoms with E-state index in [0.717, 1.165) is 29.8 Å². The number of hydrogen-bond donors (Lipinski definition) is 2. The summed E-state index contributed by atoms with van der Waals surface area (Å²) in [5, 5.41) is 7.69. The van der Waals surface area contributed by atoms with Crippen molar-refractivity contribution in [3.05, 3.63) is 47.8 Å². The van der Waals surface area contributed by atoms with Crippen LogP contribution in [0.1, 0.15) is 17.5 Å². The average Bonchev–Trinajstić information content (AvgIpc) is 2.52. The van der Waals surface area contributed by atoms with Gasteiger partial charge in [0.25, 0.3) is 0 Å². The van der Waals surface area contributed by atoms with Crippen LogP contribution in [-0.2, 0) is 6.42 Å². The Hall–Kier alpha value is -2.34. The summed E-state index contributed by atoms with van der Waals surface area (Å²) in [5.41, 5.74) is 9.39. The highest BCUT2D eigenvalue weighted by atomic mass is 15.6. The van der Waals surface area contributed by atoms with E-state index in [1.165, 1.54) is 5.56 Å². The first-order valence-corrected chi connectivity index (χ1v) is 6.96. The van der Waals surface area contributed by atoms with Crippen molar-refractivity contribution in [2.75, 3.05) is 13.6 Å². The molecule has 0 aromatic carbocycles. The van der Waals surface area contributed by atoms with E-state index in [0.29, 0.717) is 6.54 Å². The molecule has 0 aliphatic carbocycles. The van der Waals surface area contributed by atoms with E-state index in [9.17, 15) is 0 Å². The molecule has 0 saturated heterocycles. The van der Waals surface area contributed by atoms with Gasteiger partial charge in [0, 0.05) is 19.4 Å². The summed E-state index contributed by atoms with van der Waals surface area (Å²) in [6.45, 7) is 2.71. The second-order valence-corrected chi connectivity index (χ2v) is 4.70. The van der Waals surface area contributed by atoms with Crippen LogP contribution in [0.25, 0.3) is 11.4 Å². The van der Waals surface area contributed by atoms with Crippen molar-refractivity contribution in [1.82, 2.24) is 20.9 Å². The summed E-state index contributed by atoms with van der Waals surface area (Å²) in [6, 6.07) is 8.14. The number of hydrazine groups is 1. The minimum Gasteiger partial charge on any atom is -0.254 e. The van der Waals surface area contributed by atoms with Gasteiger partial charge >= 0.3 is 0 Å². The third-order valence-corrected chi connectivity index (χ3v) is 2.95. The van der Waals surface area contributed by atoms with Gasteiger partial charge < -0.3 is 0 Å². The van der Waals surface area contributed by atoms with Crippen LogP contribution in [0.4, 0.5) is 0 Å². The third-order valence-electron chi connectivity index (χ3n) is 2.95. The van der Waals surface area contributed by atoms with Crippen molar-refractivity contribution in [2.24, 2.45) is 10.3 Å². The van der Waals surface area contributed by atoms with Crippen LogP contribution in [0.3, 0.4) is 0 Å². The molecule has 0 fully saturated rings. The van der Waals surface area contributed by atoms with Crippen molar-refractivity contribution in [3.8, 4) is 11.4 Å². The fourth-order valence-electron chi connectivity index (χ4n) is 1.83. The van der Waals surface area contributed by atoms with Crippen molar-refractivity contribution in [3.63, 3.8) is 0 Å².